The molecule has 29 heavy (non-hydrogen) atoms. The third kappa shape index (κ3) is 3.34. The van der Waals surface area contributed by atoms with Gasteiger partial charge in [-0.1, -0.05) is 0 Å². The van der Waals surface area contributed by atoms with Crippen LogP contribution in [-0.4, -0.2) is 32.0 Å². The van der Waals surface area contributed by atoms with Crippen LogP contribution in [0.3, 0.4) is 0 Å². The van der Waals surface area contributed by atoms with E-state index in [2.05, 4.69) is 24.9 Å². The first-order valence-electron chi connectivity index (χ1n) is 8.34. The maximum Gasteiger partial charge on any atom is 0.417 e. The molecule has 4 rings (SSSR count). The summed E-state index contributed by atoms with van der Waals surface area (Å²) >= 11 is 0. The van der Waals surface area contributed by atoms with Crippen molar-refractivity contribution >= 4 is 22.7 Å². The summed E-state index contributed by atoms with van der Waals surface area (Å²) < 4.78 is 39.4. The number of rotatable bonds is 3. The number of fused-ring (bicyclic) bond motifs is 1. The maximum atomic E-state index is 13.1. The van der Waals surface area contributed by atoms with Gasteiger partial charge in [-0.05, 0) is 18.2 Å². The standard InChI is InChI=1S/C19H12F3N7/c1-29(13-3-2-4-24-9-13)18-27-7-11(6-23)16(28-18)15-10-26-17-14(15)5-12(8-25-17)19(20,21)22/h2-5,7-10H,1H3,(H,25,26). The normalized spacial score (nSPS) is 11.4. The molecular formula is C19H12F3N7. The van der Waals surface area contributed by atoms with Gasteiger partial charge in [0.25, 0.3) is 0 Å². The van der Waals surface area contributed by atoms with Gasteiger partial charge in [0, 0.05) is 36.6 Å². The number of hydrogen-bond donors (Lipinski definition) is 1. The molecule has 144 valence electrons. The Bertz CT molecular complexity index is 1230. The van der Waals surface area contributed by atoms with Crippen LogP contribution in [0, 0.1) is 11.3 Å². The van der Waals surface area contributed by atoms with Crippen molar-refractivity contribution in [2.75, 3.05) is 11.9 Å². The van der Waals surface area contributed by atoms with Crippen molar-refractivity contribution in [3.8, 4) is 17.3 Å². The molecule has 10 heteroatoms. The minimum atomic E-state index is -4.54. The number of H-pyrrole nitrogens is 1. The van der Waals surface area contributed by atoms with Gasteiger partial charge < -0.3 is 9.88 Å². The van der Waals surface area contributed by atoms with E-state index in [-0.39, 0.29) is 28.2 Å². The fourth-order valence-corrected chi connectivity index (χ4v) is 2.84. The lowest BCUT2D eigenvalue weighted by atomic mass is 10.1. The molecule has 4 heterocycles. The summed E-state index contributed by atoms with van der Waals surface area (Å²) in [6, 6.07) is 6.53. The van der Waals surface area contributed by atoms with Crippen LogP contribution in [0.5, 0.6) is 0 Å². The second-order valence-corrected chi connectivity index (χ2v) is 6.13. The summed E-state index contributed by atoms with van der Waals surface area (Å²) in [5.74, 6) is 0.265. The summed E-state index contributed by atoms with van der Waals surface area (Å²) in [6.07, 6.45) is 2.28. The number of nitrogens with zero attached hydrogens (tertiary/aromatic N) is 6. The SMILES string of the molecule is CN(c1cccnc1)c1ncc(C#N)c(-c2c[nH]c3ncc(C(F)(F)F)cc23)n1. The van der Waals surface area contributed by atoms with E-state index < -0.39 is 11.7 Å². The van der Waals surface area contributed by atoms with Gasteiger partial charge in [0.1, 0.15) is 11.7 Å². The third-order valence-corrected chi connectivity index (χ3v) is 4.34. The van der Waals surface area contributed by atoms with Crippen LogP contribution >= 0.6 is 0 Å². The van der Waals surface area contributed by atoms with Crippen LogP contribution in [-0.2, 0) is 6.18 Å². The molecule has 4 aromatic heterocycles. The molecule has 4 aromatic rings. The number of aromatic nitrogens is 5. The Balaban J connectivity index is 1.87. The van der Waals surface area contributed by atoms with Crippen LogP contribution in [0.25, 0.3) is 22.3 Å². The van der Waals surface area contributed by atoms with Gasteiger partial charge in [0.15, 0.2) is 0 Å². The summed E-state index contributed by atoms with van der Waals surface area (Å²) in [5, 5.41) is 9.67. The van der Waals surface area contributed by atoms with Crippen LogP contribution in [0.1, 0.15) is 11.1 Å². The van der Waals surface area contributed by atoms with Crippen molar-refractivity contribution in [1.82, 2.24) is 24.9 Å². The van der Waals surface area contributed by atoms with Crippen LogP contribution in [0.4, 0.5) is 24.8 Å². The predicted octanol–water partition coefficient (Wildman–Crippen LogP) is 4.07. The number of anilines is 2. The van der Waals surface area contributed by atoms with Crippen molar-refractivity contribution in [3.63, 3.8) is 0 Å². The quantitative estimate of drug-likeness (QED) is 0.562. The summed E-state index contributed by atoms with van der Waals surface area (Å²) in [5.41, 5.74) is 0.762. The molecule has 0 radical (unpaired) electrons. The maximum absolute atomic E-state index is 13.1. The zero-order valence-electron chi connectivity index (χ0n) is 14.9. The number of alkyl halides is 3. The zero-order valence-corrected chi connectivity index (χ0v) is 14.9. The first kappa shape index (κ1) is 18.4. The molecule has 0 aliphatic heterocycles. The molecule has 0 aliphatic carbocycles. The lowest BCUT2D eigenvalue weighted by molar-refractivity contribution is -0.137. The zero-order chi connectivity index (χ0) is 20.6. The smallest absolute Gasteiger partial charge is 0.345 e. The van der Waals surface area contributed by atoms with Gasteiger partial charge in [-0.3, -0.25) is 4.98 Å². The fraction of sp³-hybridized carbons (Fsp3) is 0.105. The van der Waals surface area contributed by atoms with E-state index in [0.29, 0.717) is 11.3 Å². The van der Waals surface area contributed by atoms with E-state index in [4.69, 9.17) is 0 Å². The van der Waals surface area contributed by atoms with E-state index in [1.54, 1.807) is 36.5 Å². The number of nitriles is 1. The molecule has 0 bridgehead atoms. The van der Waals surface area contributed by atoms with Crippen molar-refractivity contribution in [1.29, 1.82) is 5.26 Å². The molecule has 0 aliphatic rings. The highest BCUT2D eigenvalue weighted by molar-refractivity contribution is 5.94. The molecule has 1 N–H and O–H groups in total. The molecule has 7 nitrogen and oxygen atoms in total. The minimum absolute atomic E-state index is 0.131. The van der Waals surface area contributed by atoms with Crippen LogP contribution < -0.4 is 4.90 Å². The number of nitrogens with one attached hydrogen (secondary N) is 1. The molecule has 0 saturated heterocycles. The van der Waals surface area contributed by atoms with Crippen molar-refractivity contribution in [2.45, 2.75) is 6.18 Å². The molecular weight excluding hydrogens is 383 g/mol. The number of hydrogen-bond acceptors (Lipinski definition) is 6. The van der Waals surface area contributed by atoms with E-state index in [9.17, 15) is 18.4 Å². The van der Waals surface area contributed by atoms with Gasteiger partial charge in [0.05, 0.1) is 34.9 Å². The van der Waals surface area contributed by atoms with Gasteiger partial charge in [0.2, 0.25) is 5.95 Å². The van der Waals surface area contributed by atoms with Crippen molar-refractivity contribution < 1.29 is 13.2 Å². The third-order valence-electron chi connectivity index (χ3n) is 4.34. The average molecular weight is 395 g/mol. The van der Waals surface area contributed by atoms with Crippen LogP contribution in [0.2, 0.25) is 0 Å². The first-order valence-corrected chi connectivity index (χ1v) is 8.34. The monoisotopic (exact) mass is 395 g/mol. The predicted molar refractivity (Wildman–Crippen MR) is 99.1 cm³/mol. The summed E-state index contributed by atoms with van der Waals surface area (Å²) in [7, 11) is 1.72. The highest BCUT2D eigenvalue weighted by atomic mass is 19.4. The first-order chi connectivity index (χ1) is 13.9. The Labute approximate surface area is 162 Å². The Morgan fingerprint density at radius 1 is 1.17 bits per heavy atom. The molecule has 0 saturated carbocycles. The van der Waals surface area contributed by atoms with E-state index in [1.165, 1.54) is 12.4 Å². The Morgan fingerprint density at radius 2 is 2.00 bits per heavy atom. The molecule has 0 fully saturated rings. The lowest BCUT2D eigenvalue weighted by Crippen LogP contribution is -2.14. The Kier molecular flexibility index (Phi) is 4.35. The van der Waals surface area contributed by atoms with Gasteiger partial charge in [-0.15, -0.1) is 0 Å². The van der Waals surface area contributed by atoms with Crippen LogP contribution in [0.15, 0.2) is 49.2 Å². The topological polar surface area (TPSA) is 94.4 Å². The second kappa shape index (κ2) is 6.87. The van der Waals surface area contributed by atoms with Gasteiger partial charge in [-0.2, -0.15) is 18.4 Å². The molecule has 0 spiro atoms. The fourth-order valence-electron chi connectivity index (χ4n) is 2.84. The number of halogens is 3. The van der Waals surface area contributed by atoms with Gasteiger partial charge >= 0.3 is 6.18 Å². The molecule has 0 amide bonds. The van der Waals surface area contributed by atoms with Gasteiger partial charge in [-0.25, -0.2) is 15.0 Å². The van der Waals surface area contributed by atoms with E-state index >= 15 is 0 Å². The lowest BCUT2D eigenvalue weighted by Gasteiger charge is -2.17. The average Bonchev–Trinajstić information content (AvgIpc) is 3.16. The highest BCUT2D eigenvalue weighted by Gasteiger charge is 2.31. The Morgan fingerprint density at radius 3 is 2.69 bits per heavy atom. The Hall–Kier alpha value is -4.00. The summed E-state index contributed by atoms with van der Waals surface area (Å²) in [6.45, 7) is 0. The summed E-state index contributed by atoms with van der Waals surface area (Å²) in [4.78, 5) is 21.0. The number of aromatic amines is 1. The number of pyridine rings is 2. The van der Waals surface area contributed by atoms with Crippen molar-refractivity contribution in [3.05, 3.63) is 60.3 Å². The molecule has 0 aromatic carbocycles. The minimum Gasteiger partial charge on any atom is -0.345 e. The second-order valence-electron chi connectivity index (χ2n) is 6.13. The molecule has 0 unspecified atom stereocenters. The van der Waals surface area contributed by atoms with E-state index in [1.807, 2.05) is 6.07 Å². The van der Waals surface area contributed by atoms with E-state index in [0.717, 1.165) is 12.3 Å². The largest absolute Gasteiger partial charge is 0.417 e. The highest BCUT2D eigenvalue weighted by Crippen LogP contribution is 2.35. The van der Waals surface area contributed by atoms with Crippen molar-refractivity contribution in [2.24, 2.45) is 0 Å². The molecule has 0 atom stereocenters.